The Hall–Kier alpha value is -2.07. The molecule has 0 saturated carbocycles. The van der Waals surface area contributed by atoms with E-state index in [4.69, 9.17) is 4.74 Å². The average Bonchev–Trinajstić information content (AvgIpc) is 2.75. The molecule has 2 heterocycles. The highest BCUT2D eigenvalue weighted by Gasteiger charge is 2.25. The predicted octanol–water partition coefficient (Wildman–Crippen LogP) is 1.62. The third kappa shape index (κ3) is 3.04. The highest BCUT2D eigenvalue weighted by atomic mass is 79.9. The minimum absolute atomic E-state index is 0.00579. The van der Waals surface area contributed by atoms with Crippen LogP contribution >= 0.6 is 15.9 Å². The van der Waals surface area contributed by atoms with Crippen LogP contribution in [-0.2, 0) is 21.9 Å². The first kappa shape index (κ1) is 15.8. The maximum atomic E-state index is 12.6. The van der Waals surface area contributed by atoms with Crippen LogP contribution in [0.15, 0.2) is 27.6 Å². The molecule has 0 spiro atoms. The van der Waals surface area contributed by atoms with Crippen molar-refractivity contribution < 1.29 is 17.9 Å². The number of nitrogens with one attached hydrogen (secondary N) is 2. The summed E-state index contributed by atoms with van der Waals surface area (Å²) >= 11 is 3.22. The van der Waals surface area contributed by atoms with Crippen molar-refractivity contribution in [2.45, 2.75) is 11.8 Å². The Morgan fingerprint density at radius 2 is 2.13 bits per heavy atom. The van der Waals surface area contributed by atoms with E-state index in [1.807, 2.05) is 0 Å². The fourth-order valence-electron chi connectivity index (χ4n) is 2.19. The van der Waals surface area contributed by atoms with E-state index in [2.05, 4.69) is 31.1 Å². The molecule has 2 N–H and O–H groups in total. The highest BCUT2D eigenvalue weighted by molar-refractivity contribution is 9.10. The smallest absolute Gasteiger partial charge is 0.264 e. The number of fused-ring (bicyclic) bond motifs is 1. The zero-order chi connectivity index (χ0) is 16.8. The Balaban J connectivity index is 2.00. The Labute approximate surface area is 141 Å². The van der Waals surface area contributed by atoms with Gasteiger partial charge in [0.25, 0.3) is 15.9 Å². The SMILES string of the molecule is Cc1cc(NS(=O)(=O)c2cc3c(cc2Br)NC(=O)CO3)n(C)n1. The molecule has 1 aromatic carbocycles. The Bertz CT molecular complexity index is 907. The van der Waals surface area contributed by atoms with E-state index in [9.17, 15) is 13.2 Å². The van der Waals surface area contributed by atoms with Gasteiger partial charge in [0.15, 0.2) is 6.61 Å². The van der Waals surface area contributed by atoms with Gasteiger partial charge in [0.1, 0.15) is 16.5 Å². The van der Waals surface area contributed by atoms with E-state index in [-0.39, 0.29) is 17.4 Å². The number of hydrogen-bond donors (Lipinski definition) is 2. The largest absolute Gasteiger partial charge is 0.482 e. The molecular weight excluding hydrogens is 388 g/mol. The van der Waals surface area contributed by atoms with Gasteiger partial charge in [0, 0.05) is 23.7 Å². The van der Waals surface area contributed by atoms with Gasteiger partial charge >= 0.3 is 0 Å². The quantitative estimate of drug-likeness (QED) is 0.814. The van der Waals surface area contributed by atoms with Gasteiger partial charge < -0.3 is 10.1 Å². The van der Waals surface area contributed by atoms with E-state index in [1.54, 1.807) is 20.0 Å². The summed E-state index contributed by atoms with van der Waals surface area (Å²) in [5, 5.41) is 6.71. The van der Waals surface area contributed by atoms with Gasteiger partial charge in [-0.15, -0.1) is 0 Å². The zero-order valence-corrected chi connectivity index (χ0v) is 14.7. The van der Waals surface area contributed by atoms with Crippen LogP contribution < -0.4 is 14.8 Å². The number of benzene rings is 1. The number of anilines is 2. The summed E-state index contributed by atoms with van der Waals surface area (Å²) in [6, 6.07) is 4.49. The van der Waals surface area contributed by atoms with Crippen molar-refractivity contribution in [3.05, 3.63) is 28.4 Å². The molecule has 3 rings (SSSR count). The van der Waals surface area contributed by atoms with Crippen LogP contribution in [0.4, 0.5) is 11.5 Å². The van der Waals surface area contributed by atoms with Crippen molar-refractivity contribution in [2.75, 3.05) is 16.6 Å². The van der Waals surface area contributed by atoms with Gasteiger partial charge in [0.2, 0.25) is 0 Å². The number of halogens is 1. The van der Waals surface area contributed by atoms with Gasteiger partial charge in [-0.25, -0.2) is 8.42 Å². The average molecular weight is 401 g/mol. The molecule has 0 unspecified atom stereocenters. The number of ether oxygens (including phenoxy) is 1. The third-order valence-corrected chi connectivity index (χ3v) is 5.51. The molecule has 8 nitrogen and oxygen atoms in total. The molecule has 0 fully saturated rings. The molecule has 0 aliphatic carbocycles. The van der Waals surface area contributed by atoms with Gasteiger partial charge in [-0.2, -0.15) is 5.10 Å². The summed E-state index contributed by atoms with van der Waals surface area (Å²) in [5.74, 6) is 0.360. The topological polar surface area (TPSA) is 102 Å². The first-order valence-electron chi connectivity index (χ1n) is 6.56. The van der Waals surface area contributed by atoms with Gasteiger partial charge in [-0.1, -0.05) is 0 Å². The summed E-state index contributed by atoms with van der Waals surface area (Å²) in [4.78, 5) is 11.3. The summed E-state index contributed by atoms with van der Waals surface area (Å²) in [6.07, 6.45) is 0. The van der Waals surface area contributed by atoms with Crippen LogP contribution in [0.2, 0.25) is 0 Å². The fraction of sp³-hybridized carbons (Fsp3) is 0.231. The number of amides is 1. The lowest BCUT2D eigenvalue weighted by Crippen LogP contribution is -2.26. The van der Waals surface area contributed by atoms with Crippen molar-refractivity contribution in [3.63, 3.8) is 0 Å². The number of aromatic nitrogens is 2. The lowest BCUT2D eigenvalue weighted by atomic mass is 10.2. The fourth-order valence-corrected chi connectivity index (χ4v) is 4.32. The number of rotatable bonds is 3. The second-order valence-corrected chi connectivity index (χ2v) is 7.52. The van der Waals surface area contributed by atoms with E-state index in [1.165, 1.54) is 16.8 Å². The molecule has 1 aliphatic heterocycles. The Morgan fingerprint density at radius 1 is 1.39 bits per heavy atom. The summed E-state index contributed by atoms with van der Waals surface area (Å²) < 4.78 is 34.7. The van der Waals surface area contributed by atoms with Gasteiger partial charge in [-0.3, -0.25) is 14.2 Å². The molecule has 10 heteroatoms. The molecule has 0 saturated heterocycles. The second-order valence-electron chi connectivity index (χ2n) is 5.02. The molecule has 1 aromatic heterocycles. The molecule has 122 valence electrons. The monoisotopic (exact) mass is 400 g/mol. The number of hydrogen-bond acceptors (Lipinski definition) is 5. The summed E-state index contributed by atoms with van der Waals surface area (Å²) in [7, 11) is -2.21. The molecule has 23 heavy (non-hydrogen) atoms. The van der Waals surface area contributed by atoms with Crippen molar-refractivity contribution in [1.82, 2.24) is 9.78 Å². The van der Waals surface area contributed by atoms with E-state index < -0.39 is 10.0 Å². The maximum absolute atomic E-state index is 12.6. The first-order valence-corrected chi connectivity index (χ1v) is 8.83. The van der Waals surface area contributed by atoms with Crippen molar-refractivity contribution in [1.29, 1.82) is 0 Å². The minimum Gasteiger partial charge on any atom is -0.482 e. The lowest BCUT2D eigenvalue weighted by Gasteiger charge is -2.19. The van der Waals surface area contributed by atoms with E-state index >= 15 is 0 Å². The Kier molecular flexibility index (Phi) is 3.80. The van der Waals surface area contributed by atoms with Crippen LogP contribution in [0, 0.1) is 6.92 Å². The standard InChI is InChI=1S/C13H13BrN4O4S/c1-7-3-12(18(2)16-7)17-23(20,21)11-5-10-9(4-8(11)14)15-13(19)6-22-10/h3-5,17H,6H2,1-2H3,(H,15,19). The lowest BCUT2D eigenvalue weighted by molar-refractivity contribution is -0.118. The molecule has 1 amide bonds. The molecule has 0 bridgehead atoms. The molecule has 2 aromatic rings. The Morgan fingerprint density at radius 3 is 2.78 bits per heavy atom. The zero-order valence-electron chi connectivity index (χ0n) is 12.3. The van der Waals surface area contributed by atoms with Crippen molar-refractivity contribution >= 4 is 43.4 Å². The third-order valence-electron chi connectivity index (χ3n) is 3.20. The molecule has 0 radical (unpaired) electrons. The van der Waals surface area contributed by atoms with Crippen LogP contribution in [0.5, 0.6) is 5.75 Å². The minimum atomic E-state index is -3.85. The second kappa shape index (κ2) is 5.53. The van der Waals surface area contributed by atoms with Gasteiger partial charge in [-0.05, 0) is 28.9 Å². The van der Waals surface area contributed by atoms with E-state index in [0.717, 1.165) is 0 Å². The number of sulfonamides is 1. The number of aryl methyl sites for hydroxylation is 2. The van der Waals surface area contributed by atoms with Crippen molar-refractivity contribution in [2.24, 2.45) is 7.05 Å². The van der Waals surface area contributed by atoms with E-state index in [0.29, 0.717) is 27.4 Å². The van der Waals surface area contributed by atoms with Crippen LogP contribution in [0.25, 0.3) is 0 Å². The van der Waals surface area contributed by atoms with Crippen LogP contribution in [-0.4, -0.2) is 30.7 Å². The van der Waals surface area contributed by atoms with Crippen molar-refractivity contribution in [3.8, 4) is 5.75 Å². The number of carbonyl (C=O) groups is 1. The maximum Gasteiger partial charge on any atom is 0.264 e. The number of carbonyl (C=O) groups excluding carboxylic acids is 1. The van der Waals surface area contributed by atoms with Crippen LogP contribution in [0.1, 0.15) is 5.69 Å². The molecular formula is C13H13BrN4O4S. The normalized spacial score (nSPS) is 14.0. The predicted molar refractivity (Wildman–Crippen MR) is 87.0 cm³/mol. The van der Waals surface area contributed by atoms with Crippen LogP contribution in [0.3, 0.4) is 0 Å². The first-order chi connectivity index (χ1) is 10.8. The molecule has 0 atom stereocenters. The molecule has 1 aliphatic rings. The number of nitrogens with zero attached hydrogens (tertiary/aromatic N) is 2. The van der Waals surface area contributed by atoms with Gasteiger partial charge in [0.05, 0.1) is 11.4 Å². The summed E-state index contributed by atoms with van der Waals surface area (Å²) in [6.45, 7) is 1.62. The summed E-state index contributed by atoms with van der Waals surface area (Å²) in [5.41, 5.74) is 1.12. The highest BCUT2D eigenvalue weighted by Crippen LogP contribution is 2.36.